The molecule has 4 nitrogen and oxygen atoms in total. The van der Waals surface area contributed by atoms with Gasteiger partial charge in [-0.1, -0.05) is 6.92 Å². The van der Waals surface area contributed by atoms with Gasteiger partial charge in [0.15, 0.2) is 5.82 Å². The molecule has 0 amide bonds. The molecule has 0 bridgehead atoms. The third kappa shape index (κ3) is 2.31. The lowest BCUT2D eigenvalue weighted by Gasteiger charge is -2.06. The highest BCUT2D eigenvalue weighted by Crippen LogP contribution is 2.14. The van der Waals surface area contributed by atoms with Crippen molar-refractivity contribution in [3.05, 3.63) is 40.3 Å². The van der Waals surface area contributed by atoms with E-state index in [9.17, 15) is 0 Å². The highest BCUT2D eigenvalue weighted by molar-refractivity contribution is 9.10. The number of aryl methyl sites for hydroxylation is 1. The van der Waals surface area contributed by atoms with Crippen LogP contribution >= 0.6 is 15.9 Å². The van der Waals surface area contributed by atoms with Gasteiger partial charge in [0.05, 0.1) is 17.3 Å². The molecule has 0 fully saturated rings. The number of aliphatic hydroxyl groups is 1. The largest absolute Gasteiger partial charge is 0.392 e. The first-order valence-corrected chi connectivity index (χ1v) is 5.83. The normalized spacial score (nSPS) is 10.7. The lowest BCUT2D eigenvalue weighted by atomic mass is 10.2. The molecule has 0 aliphatic carbocycles. The van der Waals surface area contributed by atoms with E-state index in [-0.39, 0.29) is 6.61 Å². The van der Waals surface area contributed by atoms with Gasteiger partial charge in [-0.3, -0.25) is 0 Å². The predicted molar refractivity (Wildman–Crippen MR) is 64.4 cm³/mol. The molecule has 0 aromatic carbocycles. The van der Waals surface area contributed by atoms with Crippen LogP contribution in [0.2, 0.25) is 0 Å². The SMILES string of the molecule is CCc1cc(CO)cc(-n2cc(Br)cn2)n1. The zero-order chi connectivity index (χ0) is 11.5. The molecule has 0 radical (unpaired) electrons. The van der Waals surface area contributed by atoms with Gasteiger partial charge in [-0.05, 0) is 40.0 Å². The van der Waals surface area contributed by atoms with E-state index >= 15 is 0 Å². The topological polar surface area (TPSA) is 50.9 Å². The molecule has 84 valence electrons. The Balaban J connectivity index is 2.47. The first-order valence-electron chi connectivity index (χ1n) is 5.04. The third-order valence-corrected chi connectivity index (χ3v) is 2.66. The number of halogens is 1. The molecule has 2 aromatic rings. The van der Waals surface area contributed by atoms with E-state index in [4.69, 9.17) is 5.11 Å². The first-order chi connectivity index (χ1) is 7.72. The molecule has 0 aliphatic heterocycles. The Labute approximate surface area is 102 Å². The average molecular weight is 282 g/mol. The maximum Gasteiger partial charge on any atom is 0.153 e. The molecular weight excluding hydrogens is 270 g/mol. The van der Waals surface area contributed by atoms with E-state index in [2.05, 4.69) is 26.0 Å². The van der Waals surface area contributed by atoms with Gasteiger partial charge >= 0.3 is 0 Å². The van der Waals surface area contributed by atoms with E-state index in [1.54, 1.807) is 10.9 Å². The van der Waals surface area contributed by atoms with E-state index in [0.717, 1.165) is 28.0 Å². The molecule has 5 heteroatoms. The van der Waals surface area contributed by atoms with E-state index in [1.807, 2.05) is 25.3 Å². The van der Waals surface area contributed by atoms with Crippen molar-refractivity contribution < 1.29 is 5.11 Å². The highest BCUT2D eigenvalue weighted by atomic mass is 79.9. The molecule has 0 saturated carbocycles. The Morgan fingerprint density at radius 3 is 2.81 bits per heavy atom. The molecule has 1 N–H and O–H groups in total. The van der Waals surface area contributed by atoms with Crippen molar-refractivity contribution in [3.8, 4) is 5.82 Å². The van der Waals surface area contributed by atoms with Crippen molar-refractivity contribution >= 4 is 15.9 Å². The summed E-state index contributed by atoms with van der Waals surface area (Å²) in [6.07, 6.45) is 4.38. The van der Waals surface area contributed by atoms with Crippen LogP contribution in [0, 0.1) is 0 Å². The fourth-order valence-corrected chi connectivity index (χ4v) is 1.73. The number of aliphatic hydroxyl groups excluding tert-OH is 1. The van der Waals surface area contributed by atoms with Gasteiger partial charge in [-0.15, -0.1) is 0 Å². The minimum atomic E-state index is 0.0188. The van der Waals surface area contributed by atoms with Crippen LogP contribution in [0.1, 0.15) is 18.2 Å². The number of pyridine rings is 1. The predicted octanol–water partition coefficient (Wildman–Crippen LogP) is 2.08. The number of aromatic nitrogens is 3. The number of hydrogen-bond acceptors (Lipinski definition) is 3. The van der Waals surface area contributed by atoms with Crippen LogP contribution < -0.4 is 0 Å². The van der Waals surface area contributed by atoms with Gasteiger partial charge in [-0.25, -0.2) is 9.67 Å². The lowest BCUT2D eigenvalue weighted by Crippen LogP contribution is -2.02. The summed E-state index contributed by atoms with van der Waals surface area (Å²) in [6, 6.07) is 3.74. The van der Waals surface area contributed by atoms with Gasteiger partial charge in [0.1, 0.15) is 0 Å². The molecule has 2 heterocycles. The van der Waals surface area contributed by atoms with Gasteiger partial charge in [0.25, 0.3) is 0 Å². The number of nitrogens with zero attached hydrogens (tertiary/aromatic N) is 3. The second-order valence-corrected chi connectivity index (χ2v) is 4.36. The van der Waals surface area contributed by atoms with Gasteiger partial charge in [0, 0.05) is 11.9 Å². The van der Waals surface area contributed by atoms with Crippen LogP contribution in [0.5, 0.6) is 0 Å². The van der Waals surface area contributed by atoms with Crippen LogP contribution in [-0.2, 0) is 13.0 Å². The molecule has 0 saturated heterocycles. The summed E-state index contributed by atoms with van der Waals surface area (Å²) >= 11 is 3.34. The summed E-state index contributed by atoms with van der Waals surface area (Å²) in [7, 11) is 0. The summed E-state index contributed by atoms with van der Waals surface area (Å²) < 4.78 is 2.59. The van der Waals surface area contributed by atoms with Gasteiger partial charge in [-0.2, -0.15) is 5.10 Å². The molecule has 0 unspecified atom stereocenters. The van der Waals surface area contributed by atoms with Crippen LogP contribution in [0.4, 0.5) is 0 Å². The number of hydrogen-bond donors (Lipinski definition) is 1. The van der Waals surface area contributed by atoms with E-state index < -0.39 is 0 Å². The Morgan fingerprint density at radius 2 is 2.25 bits per heavy atom. The molecule has 0 atom stereocenters. The fourth-order valence-electron chi connectivity index (χ4n) is 1.45. The zero-order valence-corrected chi connectivity index (χ0v) is 10.5. The summed E-state index contributed by atoms with van der Waals surface area (Å²) in [5, 5.41) is 13.3. The fraction of sp³-hybridized carbons (Fsp3) is 0.273. The average Bonchev–Trinajstić information content (AvgIpc) is 2.75. The minimum absolute atomic E-state index is 0.0188. The molecular formula is C11H12BrN3O. The summed E-state index contributed by atoms with van der Waals surface area (Å²) in [4.78, 5) is 4.45. The molecule has 2 aromatic heterocycles. The monoisotopic (exact) mass is 281 g/mol. The quantitative estimate of drug-likeness (QED) is 0.937. The van der Waals surface area contributed by atoms with E-state index in [1.165, 1.54) is 0 Å². The summed E-state index contributed by atoms with van der Waals surface area (Å²) in [6.45, 7) is 2.05. The highest BCUT2D eigenvalue weighted by Gasteiger charge is 2.04. The molecule has 0 spiro atoms. The maximum atomic E-state index is 9.17. The summed E-state index contributed by atoms with van der Waals surface area (Å²) in [5.41, 5.74) is 1.81. The Morgan fingerprint density at radius 1 is 1.44 bits per heavy atom. The van der Waals surface area contributed by atoms with Crippen LogP contribution in [0.3, 0.4) is 0 Å². The molecule has 16 heavy (non-hydrogen) atoms. The first kappa shape index (κ1) is 11.3. The molecule has 2 rings (SSSR count). The Bertz CT molecular complexity index is 473. The molecule has 0 aliphatic rings. The van der Waals surface area contributed by atoms with Crippen molar-refractivity contribution in [3.63, 3.8) is 0 Å². The Kier molecular flexibility index (Phi) is 3.36. The van der Waals surface area contributed by atoms with Crippen molar-refractivity contribution in [2.75, 3.05) is 0 Å². The van der Waals surface area contributed by atoms with Gasteiger partial charge in [0.2, 0.25) is 0 Å². The van der Waals surface area contributed by atoms with Crippen molar-refractivity contribution in [1.82, 2.24) is 14.8 Å². The van der Waals surface area contributed by atoms with Crippen molar-refractivity contribution in [2.24, 2.45) is 0 Å². The van der Waals surface area contributed by atoms with Crippen LogP contribution in [-0.4, -0.2) is 19.9 Å². The maximum absolute atomic E-state index is 9.17. The smallest absolute Gasteiger partial charge is 0.153 e. The van der Waals surface area contributed by atoms with Crippen molar-refractivity contribution in [2.45, 2.75) is 20.0 Å². The summed E-state index contributed by atoms with van der Waals surface area (Å²) in [5.74, 6) is 0.731. The van der Waals surface area contributed by atoms with E-state index in [0.29, 0.717) is 0 Å². The lowest BCUT2D eigenvalue weighted by molar-refractivity contribution is 0.281. The van der Waals surface area contributed by atoms with Crippen LogP contribution in [0.25, 0.3) is 5.82 Å². The third-order valence-electron chi connectivity index (χ3n) is 2.26. The second kappa shape index (κ2) is 4.76. The Hall–Kier alpha value is -1.20. The van der Waals surface area contributed by atoms with Crippen molar-refractivity contribution in [1.29, 1.82) is 0 Å². The minimum Gasteiger partial charge on any atom is -0.392 e. The second-order valence-electron chi connectivity index (χ2n) is 3.44. The zero-order valence-electron chi connectivity index (χ0n) is 8.89. The van der Waals surface area contributed by atoms with Crippen LogP contribution in [0.15, 0.2) is 29.0 Å². The van der Waals surface area contributed by atoms with Gasteiger partial charge < -0.3 is 5.11 Å². The number of rotatable bonds is 3. The standard InChI is InChI=1S/C11H12BrN3O/c1-2-10-3-8(7-16)4-11(14-10)15-6-9(12)5-13-15/h3-6,16H,2,7H2,1H3.